The molecule has 0 spiro atoms. The highest BCUT2D eigenvalue weighted by molar-refractivity contribution is 7.89. The van der Waals surface area contributed by atoms with Crippen molar-refractivity contribution in [1.29, 1.82) is 0 Å². The highest BCUT2D eigenvalue weighted by atomic mass is 35.5. The van der Waals surface area contributed by atoms with Crippen LogP contribution in [0.4, 0.5) is 0 Å². The van der Waals surface area contributed by atoms with Crippen molar-refractivity contribution in [2.24, 2.45) is 0 Å². The summed E-state index contributed by atoms with van der Waals surface area (Å²) in [5, 5.41) is 3.14. The summed E-state index contributed by atoms with van der Waals surface area (Å²) in [4.78, 5) is 11.6. The molecule has 2 N–H and O–H groups in total. The minimum atomic E-state index is -3.74. The fourth-order valence-corrected chi connectivity index (χ4v) is 3.68. The van der Waals surface area contributed by atoms with Gasteiger partial charge in [0.05, 0.1) is 17.6 Å². The van der Waals surface area contributed by atoms with Crippen LogP contribution in [0.3, 0.4) is 0 Å². The van der Waals surface area contributed by atoms with E-state index in [0.717, 1.165) is 19.4 Å². The molecule has 0 radical (unpaired) electrons. The van der Waals surface area contributed by atoms with Crippen molar-refractivity contribution in [1.82, 2.24) is 10.0 Å². The molecule has 1 aliphatic rings. The second kappa shape index (κ2) is 7.74. The molecule has 1 unspecified atom stereocenters. The lowest BCUT2D eigenvalue weighted by Gasteiger charge is -2.24. The molecule has 6 nitrogen and oxygen atoms in total. The highest BCUT2D eigenvalue weighted by Gasteiger charge is 2.26. The van der Waals surface area contributed by atoms with Crippen LogP contribution >= 0.6 is 12.4 Å². The lowest BCUT2D eigenvalue weighted by molar-refractivity contribution is 0.0596. The van der Waals surface area contributed by atoms with Crippen LogP contribution in [0.25, 0.3) is 0 Å². The highest BCUT2D eigenvalue weighted by Crippen LogP contribution is 2.17. The molecule has 1 aromatic carbocycles. The third kappa shape index (κ3) is 4.41. The van der Waals surface area contributed by atoms with E-state index in [4.69, 9.17) is 0 Å². The molecule has 0 bridgehead atoms. The average molecular weight is 335 g/mol. The van der Waals surface area contributed by atoms with Gasteiger partial charge in [-0.1, -0.05) is 12.1 Å². The quantitative estimate of drug-likeness (QED) is 0.800. The number of ether oxygens (including phenoxy) is 1. The van der Waals surface area contributed by atoms with Gasteiger partial charge in [0.2, 0.25) is 10.0 Å². The number of piperidine rings is 1. The molecule has 1 heterocycles. The molecule has 1 fully saturated rings. The first-order valence-corrected chi connectivity index (χ1v) is 7.93. The van der Waals surface area contributed by atoms with E-state index in [9.17, 15) is 13.2 Å². The predicted molar refractivity (Wildman–Crippen MR) is 81.2 cm³/mol. The Kier molecular flexibility index (Phi) is 6.60. The smallest absolute Gasteiger partial charge is 0.339 e. The van der Waals surface area contributed by atoms with E-state index in [-0.39, 0.29) is 28.9 Å². The van der Waals surface area contributed by atoms with E-state index >= 15 is 0 Å². The van der Waals surface area contributed by atoms with Crippen LogP contribution in [-0.4, -0.2) is 40.6 Å². The number of hydrogen-bond donors (Lipinski definition) is 2. The molecule has 0 aromatic heterocycles. The Morgan fingerprint density at radius 1 is 1.38 bits per heavy atom. The number of sulfonamides is 1. The van der Waals surface area contributed by atoms with Crippen molar-refractivity contribution in [3.8, 4) is 0 Å². The standard InChI is InChI=1S/C13H18N2O4S.ClH/c1-19-13(16)11-6-2-3-7-12(11)20(17,18)15-10-5-4-8-14-9-10;/h2-3,6-7,10,14-15H,4-5,8-9H2,1H3;1H. The number of rotatable bonds is 4. The zero-order valence-electron chi connectivity index (χ0n) is 11.7. The largest absolute Gasteiger partial charge is 0.465 e. The number of hydrogen-bond acceptors (Lipinski definition) is 5. The maximum atomic E-state index is 12.4. The lowest BCUT2D eigenvalue weighted by Crippen LogP contribution is -2.45. The first-order valence-electron chi connectivity index (χ1n) is 6.45. The van der Waals surface area contributed by atoms with Gasteiger partial charge in [0.15, 0.2) is 0 Å². The Morgan fingerprint density at radius 2 is 2.10 bits per heavy atom. The van der Waals surface area contributed by atoms with Crippen LogP contribution in [0.2, 0.25) is 0 Å². The average Bonchev–Trinajstić information content (AvgIpc) is 2.47. The molecule has 2 rings (SSSR count). The fourth-order valence-electron chi connectivity index (χ4n) is 2.21. The number of nitrogens with one attached hydrogen (secondary N) is 2. The van der Waals surface area contributed by atoms with E-state index < -0.39 is 16.0 Å². The first-order chi connectivity index (χ1) is 9.54. The third-order valence-corrected chi connectivity index (χ3v) is 4.78. The number of esters is 1. The topological polar surface area (TPSA) is 84.5 Å². The van der Waals surface area contributed by atoms with Crippen molar-refractivity contribution in [3.63, 3.8) is 0 Å². The van der Waals surface area contributed by atoms with Gasteiger partial charge in [0.25, 0.3) is 0 Å². The SMILES string of the molecule is COC(=O)c1ccccc1S(=O)(=O)NC1CCCNC1.Cl. The number of benzene rings is 1. The molecule has 1 saturated heterocycles. The Balaban J connectivity index is 0.00000220. The normalized spacial score (nSPS) is 18.6. The molecule has 118 valence electrons. The van der Waals surface area contributed by atoms with Crippen LogP contribution in [0.1, 0.15) is 23.2 Å². The van der Waals surface area contributed by atoms with Gasteiger partial charge in [0.1, 0.15) is 0 Å². The molecular weight excluding hydrogens is 316 g/mol. The molecular formula is C13H19ClN2O4S. The van der Waals surface area contributed by atoms with Gasteiger partial charge in [-0.25, -0.2) is 17.9 Å². The Bertz CT molecular complexity index is 586. The minimum absolute atomic E-state index is 0. The summed E-state index contributed by atoms with van der Waals surface area (Å²) >= 11 is 0. The predicted octanol–water partition coefficient (Wildman–Crippen LogP) is 0.925. The molecule has 0 amide bonds. The number of methoxy groups -OCH3 is 1. The molecule has 1 atom stereocenters. The summed E-state index contributed by atoms with van der Waals surface area (Å²) in [6.45, 7) is 1.50. The minimum Gasteiger partial charge on any atom is -0.465 e. The zero-order chi connectivity index (χ0) is 14.6. The maximum Gasteiger partial charge on any atom is 0.339 e. The molecule has 21 heavy (non-hydrogen) atoms. The summed E-state index contributed by atoms with van der Waals surface area (Å²) in [5.41, 5.74) is 0.0475. The molecule has 1 aromatic rings. The molecule has 0 aliphatic carbocycles. The molecule has 0 saturated carbocycles. The van der Waals surface area contributed by atoms with Crippen molar-refractivity contribution in [2.45, 2.75) is 23.8 Å². The Labute approximate surface area is 130 Å². The van der Waals surface area contributed by atoms with Gasteiger partial charge in [-0.05, 0) is 31.5 Å². The summed E-state index contributed by atoms with van der Waals surface area (Å²) in [7, 11) is -2.51. The lowest BCUT2D eigenvalue weighted by atomic mass is 10.1. The van der Waals surface area contributed by atoms with E-state index in [1.54, 1.807) is 12.1 Å². The van der Waals surface area contributed by atoms with Crippen molar-refractivity contribution >= 4 is 28.4 Å². The second-order valence-corrected chi connectivity index (χ2v) is 6.33. The van der Waals surface area contributed by atoms with Crippen molar-refractivity contribution in [3.05, 3.63) is 29.8 Å². The Morgan fingerprint density at radius 3 is 2.71 bits per heavy atom. The third-order valence-electron chi connectivity index (χ3n) is 3.20. The van der Waals surface area contributed by atoms with Crippen LogP contribution in [0.15, 0.2) is 29.2 Å². The van der Waals surface area contributed by atoms with Crippen LogP contribution < -0.4 is 10.0 Å². The van der Waals surface area contributed by atoms with Gasteiger partial charge < -0.3 is 10.1 Å². The summed E-state index contributed by atoms with van der Waals surface area (Å²) < 4.78 is 32.0. The van der Waals surface area contributed by atoms with Crippen molar-refractivity contribution < 1.29 is 17.9 Å². The number of halogens is 1. The van der Waals surface area contributed by atoms with Crippen LogP contribution in [-0.2, 0) is 14.8 Å². The summed E-state index contributed by atoms with van der Waals surface area (Å²) in [6, 6.07) is 5.89. The number of carbonyl (C=O) groups is 1. The monoisotopic (exact) mass is 334 g/mol. The fraction of sp³-hybridized carbons (Fsp3) is 0.462. The summed E-state index contributed by atoms with van der Waals surface area (Å²) in [6.07, 6.45) is 1.71. The second-order valence-electron chi connectivity index (χ2n) is 4.65. The Hall–Kier alpha value is -1.15. The first kappa shape index (κ1) is 17.9. The molecule has 1 aliphatic heterocycles. The van der Waals surface area contributed by atoms with Gasteiger partial charge in [-0.15, -0.1) is 12.4 Å². The van der Waals surface area contributed by atoms with Crippen LogP contribution in [0, 0.1) is 0 Å². The van der Waals surface area contributed by atoms with E-state index in [2.05, 4.69) is 14.8 Å². The van der Waals surface area contributed by atoms with Gasteiger partial charge >= 0.3 is 5.97 Å². The molecule has 8 heteroatoms. The van der Waals surface area contributed by atoms with E-state index in [1.165, 1.54) is 19.2 Å². The van der Waals surface area contributed by atoms with Crippen LogP contribution in [0.5, 0.6) is 0 Å². The summed E-state index contributed by atoms with van der Waals surface area (Å²) in [5.74, 6) is -0.659. The maximum absolute atomic E-state index is 12.4. The van der Waals surface area contributed by atoms with Gasteiger partial charge in [-0.2, -0.15) is 0 Å². The van der Waals surface area contributed by atoms with E-state index in [1.807, 2.05) is 0 Å². The van der Waals surface area contributed by atoms with Gasteiger partial charge in [0, 0.05) is 12.6 Å². The van der Waals surface area contributed by atoms with E-state index in [0.29, 0.717) is 6.54 Å². The zero-order valence-corrected chi connectivity index (χ0v) is 13.3. The van der Waals surface area contributed by atoms with Crippen molar-refractivity contribution in [2.75, 3.05) is 20.2 Å². The number of carbonyl (C=O) groups excluding carboxylic acids is 1. The van der Waals surface area contributed by atoms with Gasteiger partial charge in [-0.3, -0.25) is 0 Å².